The average molecular weight is 504 g/mol. The molecule has 194 valence electrons. The monoisotopic (exact) mass is 503 g/mol. The molecule has 2 amide bonds. The lowest BCUT2D eigenvalue weighted by Crippen LogP contribution is -2.62. The molecule has 0 atom stereocenters. The van der Waals surface area contributed by atoms with Gasteiger partial charge in [0, 0.05) is 49.2 Å². The standard InChI is InChI=1S/C24H27N7O3.C3H6/c1-16-20(17-8-21(34-3)22-18(9-25)10-26-30(22)12-17)11-27-31(16)19-4-6-29(7-5-19)23(33)24(2)13-28(14-24)15-32;1-3-2/h8,10-12,15,19H,4-7,13-14H2,1-3H3;3H,1H2,2H3. The number of hydrogen-bond donors (Lipinski definition) is 0. The number of amides is 2. The second-order valence-corrected chi connectivity index (χ2v) is 9.85. The molecule has 0 spiro atoms. The predicted molar refractivity (Wildman–Crippen MR) is 139 cm³/mol. The molecule has 2 aliphatic heterocycles. The minimum atomic E-state index is -0.460. The quantitative estimate of drug-likeness (QED) is 0.391. The maximum absolute atomic E-state index is 13.0. The fourth-order valence-corrected chi connectivity index (χ4v) is 5.30. The number of allylic oxidation sites excluding steroid dienone is 1. The minimum absolute atomic E-state index is 0.137. The van der Waals surface area contributed by atoms with Gasteiger partial charge in [-0.05, 0) is 39.7 Å². The molecule has 5 heterocycles. The molecule has 10 heteroatoms. The first kappa shape index (κ1) is 25.9. The molecule has 3 aromatic heterocycles. The van der Waals surface area contributed by atoms with E-state index >= 15 is 0 Å². The topological polar surface area (TPSA) is 109 Å². The van der Waals surface area contributed by atoms with Gasteiger partial charge in [-0.25, -0.2) is 4.52 Å². The zero-order chi connectivity index (χ0) is 26.7. The number of likely N-dealkylation sites (tertiary alicyclic amines) is 2. The third-order valence-electron chi connectivity index (χ3n) is 7.14. The number of fused-ring (bicyclic) bond motifs is 1. The largest absolute Gasteiger partial charge is 0.494 e. The average Bonchev–Trinajstić information content (AvgIpc) is 3.49. The molecule has 2 aliphatic rings. The van der Waals surface area contributed by atoms with Crippen molar-refractivity contribution in [1.29, 1.82) is 5.26 Å². The van der Waals surface area contributed by atoms with E-state index in [2.05, 4.69) is 27.5 Å². The van der Waals surface area contributed by atoms with Crippen LogP contribution in [0.25, 0.3) is 16.6 Å². The van der Waals surface area contributed by atoms with Crippen molar-refractivity contribution >= 4 is 17.8 Å². The van der Waals surface area contributed by atoms with E-state index in [1.165, 1.54) is 6.20 Å². The Morgan fingerprint density at radius 3 is 2.54 bits per heavy atom. The molecule has 0 bridgehead atoms. The highest BCUT2D eigenvalue weighted by Crippen LogP contribution is 2.35. The van der Waals surface area contributed by atoms with Crippen LogP contribution in [0.5, 0.6) is 5.75 Å². The maximum Gasteiger partial charge on any atom is 0.232 e. The van der Waals surface area contributed by atoms with Crippen LogP contribution in [0.15, 0.2) is 37.3 Å². The molecule has 0 aliphatic carbocycles. The molecule has 2 saturated heterocycles. The van der Waals surface area contributed by atoms with Gasteiger partial charge in [0.25, 0.3) is 0 Å². The number of carbonyl (C=O) groups excluding carboxylic acids is 2. The van der Waals surface area contributed by atoms with Crippen molar-refractivity contribution < 1.29 is 14.3 Å². The van der Waals surface area contributed by atoms with Crippen molar-refractivity contribution in [3.8, 4) is 22.9 Å². The predicted octanol–water partition coefficient (Wildman–Crippen LogP) is 3.22. The van der Waals surface area contributed by atoms with Crippen LogP contribution in [-0.4, -0.2) is 74.8 Å². The van der Waals surface area contributed by atoms with E-state index in [4.69, 9.17) is 4.74 Å². The summed E-state index contributed by atoms with van der Waals surface area (Å²) in [5.74, 6) is 0.724. The van der Waals surface area contributed by atoms with E-state index in [0.717, 1.165) is 36.1 Å². The molecule has 0 saturated carbocycles. The molecule has 3 aromatic rings. The SMILES string of the molecule is C=CC.COc1cc(-c2cnn(C3CCN(C(=O)C4(C)CN(C=O)C4)CC3)c2C)cn2ncc(C#N)c12. The van der Waals surface area contributed by atoms with Crippen molar-refractivity contribution in [3.05, 3.63) is 48.6 Å². The Hall–Kier alpha value is -4.13. The van der Waals surface area contributed by atoms with Crippen LogP contribution in [0.4, 0.5) is 0 Å². The summed E-state index contributed by atoms with van der Waals surface area (Å²) in [5, 5.41) is 18.3. The second-order valence-electron chi connectivity index (χ2n) is 9.85. The van der Waals surface area contributed by atoms with E-state index < -0.39 is 5.41 Å². The minimum Gasteiger partial charge on any atom is -0.494 e. The summed E-state index contributed by atoms with van der Waals surface area (Å²) < 4.78 is 9.26. The first-order valence-electron chi connectivity index (χ1n) is 12.4. The number of nitrogens with zero attached hydrogens (tertiary/aromatic N) is 7. The van der Waals surface area contributed by atoms with Gasteiger partial charge in [0.15, 0.2) is 0 Å². The van der Waals surface area contributed by atoms with E-state index in [1.807, 2.05) is 44.1 Å². The number of methoxy groups -OCH3 is 1. The Balaban J connectivity index is 0.00000102. The van der Waals surface area contributed by atoms with E-state index in [9.17, 15) is 14.9 Å². The fourth-order valence-electron chi connectivity index (χ4n) is 5.30. The number of rotatable bonds is 5. The number of hydrogen-bond acceptors (Lipinski definition) is 6. The number of ether oxygens (including phenoxy) is 1. The molecule has 0 radical (unpaired) electrons. The molecular formula is C27H33N7O3. The highest BCUT2D eigenvalue weighted by molar-refractivity contribution is 5.85. The van der Waals surface area contributed by atoms with Crippen LogP contribution in [0.3, 0.4) is 0 Å². The zero-order valence-corrected chi connectivity index (χ0v) is 21.8. The van der Waals surface area contributed by atoms with Gasteiger partial charge in [-0.2, -0.15) is 15.5 Å². The lowest BCUT2D eigenvalue weighted by atomic mass is 9.80. The lowest BCUT2D eigenvalue weighted by molar-refractivity contribution is -0.155. The Kier molecular flexibility index (Phi) is 7.34. The zero-order valence-electron chi connectivity index (χ0n) is 21.8. The molecule has 10 nitrogen and oxygen atoms in total. The summed E-state index contributed by atoms with van der Waals surface area (Å²) in [6.07, 6.45) is 9.49. The van der Waals surface area contributed by atoms with Gasteiger partial charge in [0.05, 0.1) is 31.0 Å². The van der Waals surface area contributed by atoms with Gasteiger partial charge < -0.3 is 14.5 Å². The van der Waals surface area contributed by atoms with Crippen LogP contribution < -0.4 is 4.74 Å². The van der Waals surface area contributed by atoms with Gasteiger partial charge in [-0.1, -0.05) is 6.08 Å². The van der Waals surface area contributed by atoms with E-state index in [-0.39, 0.29) is 11.9 Å². The molecular weight excluding hydrogens is 470 g/mol. The molecule has 2 fully saturated rings. The number of piperidine rings is 1. The highest BCUT2D eigenvalue weighted by Gasteiger charge is 2.47. The Morgan fingerprint density at radius 2 is 1.95 bits per heavy atom. The number of nitriles is 1. The molecule has 0 aromatic carbocycles. The Morgan fingerprint density at radius 1 is 1.27 bits per heavy atom. The Bertz CT molecular complexity index is 1350. The first-order valence-corrected chi connectivity index (χ1v) is 12.4. The van der Waals surface area contributed by atoms with Crippen molar-refractivity contribution in [2.24, 2.45) is 5.41 Å². The van der Waals surface area contributed by atoms with Crippen LogP contribution in [0.2, 0.25) is 0 Å². The summed E-state index contributed by atoms with van der Waals surface area (Å²) in [6.45, 7) is 11.6. The fraction of sp³-hybridized carbons (Fsp3) is 0.444. The summed E-state index contributed by atoms with van der Waals surface area (Å²) in [7, 11) is 1.58. The maximum atomic E-state index is 13.0. The van der Waals surface area contributed by atoms with E-state index in [1.54, 1.807) is 22.6 Å². The van der Waals surface area contributed by atoms with Gasteiger partial charge in [-0.3, -0.25) is 14.3 Å². The molecule has 0 unspecified atom stereocenters. The Labute approximate surface area is 216 Å². The molecule has 5 rings (SSSR count). The number of pyridine rings is 1. The van der Waals surface area contributed by atoms with Crippen molar-refractivity contribution in [3.63, 3.8) is 0 Å². The van der Waals surface area contributed by atoms with Crippen LogP contribution in [0.1, 0.15) is 44.0 Å². The molecule has 0 N–H and O–H groups in total. The summed E-state index contributed by atoms with van der Waals surface area (Å²) in [6, 6.07) is 4.27. The van der Waals surface area contributed by atoms with Crippen LogP contribution in [0, 0.1) is 23.7 Å². The van der Waals surface area contributed by atoms with Crippen LogP contribution in [-0.2, 0) is 9.59 Å². The summed E-state index contributed by atoms with van der Waals surface area (Å²) in [5.41, 5.74) is 3.57. The van der Waals surface area contributed by atoms with Crippen LogP contribution >= 0.6 is 0 Å². The van der Waals surface area contributed by atoms with Gasteiger partial charge in [-0.15, -0.1) is 6.58 Å². The molecule has 37 heavy (non-hydrogen) atoms. The van der Waals surface area contributed by atoms with Gasteiger partial charge >= 0.3 is 0 Å². The third kappa shape index (κ3) is 4.69. The summed E-state index contributed by atoms with van der Waals surface area (Å²) >= 11 is 0. The van der Waals surface area contributed by atoms with Gasteiger partial charge in [0.2, 0.25) is 12.3 Å². The first-order chi connectivity index (χ1) is 17.8. The van der Waals surface area contributed by atoms with Crippen molar-refractivity contribution in [2.75, 3.05) is 33.3 Å². The number of aromatic nitrogens is 4. The van der Waals surface area contributed by atoms with Gasteiger partial charge in [0.1, 0.15) is 22.9 Å². The summed E-state index contributed by atoms with van der Waals surface area (Å²) in [4.78, 5) is 27.4. The third-order valence-corrected chi connectivity index (χ3v) is 7.14. The van der Waals surface area contributed by atoms with Crippen molar-refractivity contribution in [2.45, 2.75) is 39.7 Å². The van der Waals surface area contributed by atoms with E-state index in [0.29, 0.717) is 43.0 Å². The second kappa shape index (κ2) is 10.5. The lowest BCUT2D eigenvalue weighted by Gasteiger charge is -2.47. The number of carbonyl (C=O) groups is 2. The highest BCUT2D eigenvalue weighted by atomic mass is 16.5. The normalized spacial score (nSPS) is 16.8. The smallest absolute Gasteiger partial charge is 0.232 e. The van der Waals surface area contributed by atoms with Crippen molar-refractivity contribution in [1.82, 2.24) is 29.2 Å².